The average Bonchev–Trinajstić information content (AvgIpc) is 3.06. The molecule has 2 saturated heterocycles. The Hall–Kier alpha value is -5.08. The summed E-state index contributed by atoms with van der Waals surface area (Å²) in [4.78, 5) is 79.8. The van der Waals surface area contributed by atoms with E-state index in [1.165, 1.54) is 34.0 Å². The van der Waals surface area contributed by atoms with Crippen molar-refractivity contribution in [2.45, 2.75) is 31.7 Å². The van der Waals surface area contributed by atoms with Gasteiger partial charge < -0.3 is 25.0 Å². The van der Waals surface area contributed by atoms with Gasteiger partial charge in [0.1, 0.15) is 23.7 Å². The van der Waals surface area contributed by atoms with Gasteiger partial charge in [-0.2, -0.15) is 0 Å². The Morgan fingerprint density at radius 3 is 2.44 bits per heavy atom. The van der Waals surface area contributed by atoms with Gasteiger partial charge in [0.15, 0.2) is 0 Å². The van der Waals surface area contributed by atoms with Gasteiger partial charge in [-0.3, -0.25) is 24.2 Å². The monoisotopic (exact) mass is 677 g/mol. The number of aromatic nitrogens is 1. The zero-order valence-electron chi connectivity index (χ0n) is 26.1. The number of nitrogens with one attached hydrogen (secondary N) is 2. The van der Waals surface area contributed by atoms with E-state index in [2.05, 4.69) is 26.7 Å². The predicted octanol–water partition coefficient (Wildman–Crippen LogP) is 1.65. The van der Waals surface area contributed by atoms with Crippen molar-refractivity contribution in [2.75, 3.05) is 26.7 Å². The lowest BCUT2D eigenvalue weighted by Gasteiger charge is -2.55. The summed E-state index contributed by atoms with van der Waals surface area (Å²) in [6, 6.07) is 18.5. The number of phosphoric ester groups is 1. The van der Waals surface area contributed by atoms with Crippen molar-refractivity contribution in [3.8, 4) is 5.75 Å². The minimum absolute atomic E-state index is 0.00526. The molecule has 48 heavy (non-hydrogen) atoms. The standard InChI is InChI=1S/C32H36N7O8P/c1-3-16-37-21-29(40)38-27(17-22-12-14-25(15-13-22)47-48(44,45)46)31(42)36(19-24-10-7-11-26(35-24)30(41)33-2)20-28(38)39(37)32(43)34-18-23-8-5-4-6-9-23/h3-15,27-28H,1,16-21H2,2H3,(H,33,41)(H,34,43)(H2,44,45,46)/t27-,28-/m0/s1. The van der Waals surface area contributed by atoms with E-state index in [1.807, 2.05) is 30.3 Å². The van der Waals surface area contributed by atoms with Gasteiger partial charge >= 0.3 is 13.9 Å². The van der Waals surface area contributed by atoms with E-state index in [9.17, 15) is 23.7 Å². The zero-order chi connectivity index (χ0) is 34.4. The Balaban J connectivity index is 1.49. The van der Waals surface area contributed by atoms with Crippen molar-refractivity contribution < 1.29 is 38.1 Å². The summed E-state index contributed by atoms with van der Waals surface area (Å²) in [5, 5.41) is 8.49. The highest BCUT2D eigenvalue weighted by Gasteiger charge is 2.51. The van der Waals surface area contributed by atoms with Crippen molar-refractivity contribution in [3.05, 3.63) is 108 Å². The number of amides is 5. The maximum absolute atomic E-state index is 14.2. The molecule has 0 saturated carbocycles. The number of hydrazine groups is 1. The lowest BCUT2D eigenvalue weighted by atomic mass is 9.98. The van der Waals surface area contributed by atoms with Crippen molar-refractivity contribution in [3.63, 3.8) is 0 Å². The lowest BCUT2D eigenvalue weighted by molar-refractivity contribution is -0.189. The molecule has 0 aliphatic carbocycles. The van der Waals surface area contributed by atoms with E-state index in [1.54, 1.807) is 41.4 Å². The van der Waals surface area contributed by atoms with Crippen LogP contribution in [0.25, 0.3) is 0 Å². The number of rotatable bonds is 11. The van der Waals surface area contributed by atoms with E-state index >= 15 is 0 Å². The second-order valence-corrected chi connectivity index (χ2v) is 12.3. The SMILES string of the molecule is C=CCN1CC(=O)N2[C@@H](Cc3ccc(OP(=O)(O)O)cc3)C(=O)N(Cc3cccc(C(=O)NC)n3)C[C@@H]2N1C(=O)NCc1ccccc1. The maximum atomic E-state index is 14.2. The molecule has 2 aliphatic heterocycles. The van der Waals surface area contributed by atoms with Gasteiger partial charge in [0.25, 0.3) is 5.91 Å². The first kappa shape index (κ1) is 34.3. The van der Waals surface area contributed by atoms with Gasteiger partial charge in [-0.15, -0.1) is 6.58 Å². The number of phosphoric acid groups is 1. The summed E-state index contributed by atoms with van der Waals surface area (Å²) in [5.41, 5.74) is 2.05. The molecule has 5 amide bonds. The van der Waals surface area contributed by atoms with Crippen molar-refractivity contribution >= 4 is 31.6 Å². The molecule has 1 aromatic heterocycles. The Kier molecular flexibility index (Phi) is 10.5. The quantitative estimate of drug-likeness (QED) is 0.172. The molecule has 3 aromatic rings. The van der Waals surface area contributed by atoms with Crippen LogP contribution in [0.4, 0.5) is 4.79 Å². The first-order valence-electron chi connectivity index (χ1n) is 15.1. The number of carbonyl (C=O) groups excluding carboxylic acids is 4. The smallest absolute Gasteiger partial charge is 0.404 e. The van der Waals surface area contributed by atoms with E-state index in [0.717, 1.165) is 5.56 Å². The third-order valence-corrected chi connectivity index (χ3v) is 8.31. The van der Waals surface area contributed by atoms with E-state index in [4.69, 9.17) is 9.79 Å². The minimum Gasteiger partial charge on any atom is -0.404 e. The minimum atomic E-state index is -4.78. The second-order valence-electron chi connectivity index (χ2n) is 11.2. The molecule has 5 rings (SSSR count). The Bertz CT molecular complexity index is 1720. The number of fused-ring (bicyclic) bond motifs is 1. The van der Waals surface area contributed by atoms with Crippen LogP contribution in [-0.4, -0.2) is 97.2 Å². The molecule has 2 aliphatic rings. The number of pyridine rings is 1. The third kappa shape index (κ3) is 8.06. The van der Waals surface area contributed by atoms with Gasteiger partial charge in [-0.05, 0) is 35.4 Å². The molecule has 0 spiro atoms. The number of benzene rings is 2. The Labute approximate surface area is 277 Å². The molecule has 15 nitrogen and oxygen atoms in total. The first-order valence-corrected chi connectivity index (χ1v) is 16.6. The Morgan fingerprint density at radius 2 is 1.77 bits per heavy atom. The van der Waals surface area contributed by atoms with Crippen LogP contribution in [0.5, 0.6) is 5.75 Å². The van der Waals surface area contributed by atoms with Crippen LogP contribution in [0, 0.1) is 0 Å². The summed E-state index contributed by atoms with van der Waals surface area (Å²) in [5.74, 6) is -1.23. The number of hydrogen-bond donors (Lipinski definition) is 4. The highest BCUT2D eigenvalue weighted by Crippen LogP contribution is 2.37. The number of piperazine rings is 1. The van der Waals surface area contributed by atoms with Crippen LogP contribution in [0.1, 0.15) is 27.3 Å². The van der Waals surface area contributed by atoms with Gasteiger partial charge in [0.2, 0.25) is 11.8 Å². The third-order valence-electron chi connectivity index (χ3n) is 7.86. The summed E-state index contributed by atoms with van der Waals surface area (Å²) in [6.45, 7) is 3.97. The molecule has 252 valence electrons. The van der Waals surface area contributed by atoms with Gasteiger partial charge in [0.05, 0.1) is 25.3 Å². The van der Waals surface area contributed by atoms with Crippen LogP contribution in [0.2, 0.25) is 0 Å². The van der Waals surface area contributed by atoms with E-state index < -0.39 is 37.9 Å². The van der Waals surface area contributed by atoms with Crippen LogP contribution >= 0.6 is 7.82 Å². The zero-order valence-corrected chi connectivity index (χ0v) is 27.0. The molecule has 16 heteroatoms. The highest BCUT2D eigenvalue weighted by molar-refractivity contribution is 7.46. The van der Waals surface area contributed by atoms with Crippen LogP contribution in [0.3, 0.4) is 0 Å². The van der Waals surface area contributed by atoms with E-state index in [-0.39, 0.29) is 56.5 Å². The molecule has 0 radical (unpaired) electrons. The maximum Gasteiger partial charge on any atom is 0.524 e. The summed E-state index contributed by atoms with van der Waals surface area (Å²) < 4.78 is 15.9. The van der Waals surface area contributed by atoms with Crippen LogP contribution in [0.15, 0.2) is 85.5 Å². The highest BCUT2D eigenvalue weighted by atomic mass is 31.2. The molecule has 3 heterocycles. The molecule has 2 aromatic carbocycles. The normalized spacial score (nSPS) is 18.3. The lowest BCUT2D eigenvalue weighted by Crippen LogP contribution is -2.76. The number of carbonyl (C=O) groups is 4. The average molecular weight is 678 g/mol. The molecule has 2 fully saturated rings. The van der Waals surface area contributed by atoms with Crippen LogP contribution in [-0.2, 0) is 33.7 Å². The topological polar surface area (TPSA) is 185 Å². The van der Waals surface area contributed by atoms with Crippen LogP contribution < -0.4 is 15.2 Å². The van der Waals surface area contributed by atoms with E-state index in [0.29, 0.717) is 11.3 Å². The molecular formula is C32H36N7O8P. The second kappa shape index (κ2) is 14.8. The fourth-order valence-electron chi connectivity index (χ4n) is 5.76. The molecule has 4 N–H and O–H groups in total. The Morgan fingerprint density at radius 1 is 1.04 bits per heavy atom. The number of nitrogens with zero attached hydrogens (tertiary/aromatic N) is 5. The van der Waals surface area contributed by atoms with Crippen molar-refractivity contribution in [2.24, 2.45) is 0 Å². The molecule has 0 unspecified atom stereocenters. The molecule has 0 bridgehead atoms. The number of hydrogen-bond acceptors (Lipinski definition) is 8. The molecule has 2 atom stereocenters. The number of urea groups is 1. The first-order chi connectivity index (χ1) is 23.0. The summed E-state index contributed by atoms with van der Waals surface area (Å²) in [7, 11) is -3.29. The summed E-state index contributed by atoms with van der Waals surface area (Å²) in [6.07, 6.45) is 0.698. The fraction of sp³-hybridized carbons (Fsp3) is 0.281. The summed E-state index contributed by atoms with van der Waals surface area (Å²) >= 11 is 0. The fourth-order valence-corrected chi connectivity index (χ4v) is 6.16. The van der Waals surface area contributed by atoms with Gasteiger partial charge in [0, 0.05) is 26.6 Å². The predicted molar refractivity (Wildman–Crippen MR) is 173 cm³/mol. The van der Waals surface area contributed by atoms with Crippen molar-refractivity contribution in [1.82, 2.24) is 35.4 Å². The van der Waals surface area contributed by atoms with Crippen molar-refractivity contribution in [1.29, 1.82) is 0 Å². The van der Waals surface area contributed by atoms with Gasteiger partial charge in [-0.1, -0.05) is 54.6 Å². The molecular weight excluding hydrogens is 641 g/mol. The largest absolute Gasteiger partial charge is 0.524 e. The van der Waals surface area contributed by atoms with Gasteiger partial charge in [-0.25, -0.2) is 24.4 Å².